The second kappa shape index (κ2) is 6.12. The number of thioether (sulfide) groups is 1. The van der Waals surface area contributed by atoms with Gasteiger partial charge in [0.05, 0.1) is 0 Å². The molecule has 0 amide bonds. The van der Waals surface area contributed by atoms with Crippen LogP contribution in [-0.4, -0.2) is 36.8 Å². The standard InChI is InChI=1S/C12H23NOS/c1-15-12-4-2-10(3-5-12)13-11-6-8-14-9-7-11/h10-13H,2-9H2,1H3. The highest BCUT2D eigenvalue weighted by Crippen LogP contribution is 2.27. The number of hydrogen-bond donors (Lipinski definition) is 1. The Labute approximate surface area is 97.5 Å². The van der Waals surface area contributed by atoms with Crippen LogP contribution in [-0.2, 0) is 4.74 Å². The van der Waals surface area contributed by atoms with E-state index in [1.165, 1.54) is 38.5 Å². The zero-order valence-electron chi connectivity index (χ0n) is 9.71. The minimum absolute atomic E-state index is 0.731. The van der Waals surface area contributed by atoms with Crippen LogP contribution in [0.25, 0.3) is 0 Å². The van der Waals surface area contributed by atoms with Crippen molar-refractivity contribution in [2.24, 2.45) is 0 Å². The van der Waals surface area contributed by atoms with E-state index in [-0.39, 0.29) is 0 Å². The lowest BCUT2D eigenvalue weighted by atomic mass is 9.93. The minimum Gasteiger partial charge on any atom is -0.381 e. The van der Waals surface area contributed by atoms with E-state index in [4.69, 9.17) is 4.74 Å². The first-order valence-corrected chi connectivity index (χ1v) is 7.54. The number of rotatable bonds is 3. The maximum Gasteiger partial charge on any atom is 0.0480 e. The van der Waals surface area contributed by atoms with Gasteiger partial charge in [-0.2, -0.15) is 11.8 Å². The average molecular weight is 229 g/mol. The fraction of sp³-hybridized carbons (Fsp3) is 1.00. The molecule has 88 valence electrons. The molecule has 2 nitrogen and oxygen atoms in total. The van der Waals surface area contributed by atoms with Crippen LogP contribution < -0.4 is 5.32 Å². The first-order chi connectivity index (χ1) is 7.38. The monoisotopic (exact) mass is 229 g/mol. The molecule has 1 saturated carbocycles. The van der Waals surface area contributed by atoms with Gasteiger partial charge < -0.3 is 10.1 Å². The number of ether oxygens (including phenoxy) is 1. The highest BCUT2D eigenvalue weighted by Gasteiger charge is 2.23. The van der Waals surface area contributed by atoms with E-state index in [0.29, 0.717) is 0 Å². The van der Waals surface area contributed by atoms with Crippen molar-refractivity contribution in [3.8, 4) is 0 Å². The summed E-state index contributed by atoms with van der Waals surface area (Å²) in [7, 11) is 0. The third-order valence-corrected chi connectivity index (χ3v) is 4.84. The summed E-state index contributed by atoms with van der Waals surface area (Å²) in [5.41, 5.74) is 0. The Morgan fingerprint density at radius 3 is 2.13 bits per heavy atom. The molecule has 0 atom stereocenters. The largest absolute Gasteiger partial charge is 0.381 e. The lowest BCUT2D eigenvalue weighted by Crippen LogP contribution is -2.43. The molecule has 15 heavy (non-hydrogen) atoms. The summed E-state index contributed by atoms with van der Waals surface area (Å²) in [6.07, 6.45) is 10.2. The van der Waals surface area contributed by atoms with Crippen LogP contribution in [0, 0.1) is 0 Å². The number of hydrogen-bond acceptors (Lipinski definition) is 3. The van der Waals surface area contributed by atoms with E-state index in [0.717, 1.165) is 30.5 Å². The Bertz CT molecular complexity index is 174. The van der Waals surface area contributed by atoms with Crippen molar-refractivity contribution in [1.82, 2.24) is 5.32 Å². The van der Waals surface area contributed by atoms with Gasteiger partial charge in [0.15, 0.2) is 0 Å². The second-order valence-corrected chi connectivity index (χ2v) is 5.90. The zero-order valence-corrected chi connectivity index (χ0v) is 10.5. The molecule has 0 aromatic heterocycles. The highest BCUT2D eigenvalue weighted by atomic mass is 32.2. The molecule has 0 bridgehead atoms. The van der Waals surface area contributed by atoms with Crippen molar-refractivity contribution in [2.75, 3.05) is 19.5 Å². The van der Waals surface area contributed by atoms with E-state index in [1.54, 1.807) is 0 Å². The van der Waals surface area contributed by atoms with E-state index >= 15 is 0 Å². The first kappa shape index (κ1) is 11.7. The molecule has 0 aromatic carbocycles. The molecular formula is C12H23NOS. The maximum absolute atomic E-state index is 5.38. The van der Waals surface area contributed by atoms with E-state index in [9.17, 15) is 0 Å². The molecular weight excluding hydrogens is 206 g/mol. The summed E-state index contributed by atoms with van der Waals surface area (Å²) < 4.78 is 5.38. The Kier molecular flexibility index (Phi) is 4.79. The van der Waals surface area contributed by atoms with Gasteiger partial charge in [-0.15, -0.1) is 0 Å². The maximum atomic E-state index is 5.38. The van der Waals surface area contributed by atoms with Gasteiger partial charge in [0.25, 0.3) is 0 Å². The molecule has 0 aromatic rings. The molecule has 1 aliphatic carbocycles. The summed E-state index contributed by atoms with van der Waals surface area (Å²) in [6, 6.07) is 1.52. The van der Waals surface area contributed by atoms with Crippen molar-refractivity contribution in [2.45, 2.75) is 55.9 Å². The summed E-state index contributed by atoms with van der Waals surface area (Å²) in [4.78, 5) is 0. The first-order valence-electron chi connectivity index (χ1n) is 6.25. The smallest absolute Gasteiger partial charge is 0.0480 e. The van der Waals surface area contributed by atoms with Gasteiger partial charge in [-0.1, -0.05) is 0 Å². The van der Waals surface area contributed by atoms with Crippen LogP contribution in [0.1, 0.15) is 38.5 Å². The third kappa shape index (κ3) is 3.65. The minimum atomic E-state index is 0.731. The van der Waals surface area contributed by atoms with Crippen molar-refractivity contribution >= 4 is 11.8 Å². The molecule has 0 spiro atoms. The predicted molar refractivity (Wildman–Crippen MR) is 66.5 cm³/mol. The van der Waals surface area contributed by atoms with Crippen molar-refractivity contribution in [1.29, 1.82) is 0 Å². The molecule has 1 heterocycles. The molecule has 1 saturated heterocycles. The fourth-order valence-electron chi connectivity index (χ4n) is 2.66. The molecule has 2 aliphatic rings. The van der Waals surface area contributed by atoms with Crippen LogP contribution in [0.2, 0.25) is 0 Å². The average Bonchev–Trinajstić information content (AvgIpc) is 2.31. The Morgan fingerprint density at radius 1 is 0.933 bits per heavy atom. The quantitative estimate of drug-likeness (QED) is 0.803. The lowest BCUT2D eigenvalue weighted by Gasteiger charge is -2.33. The van der Waals surface area contributed by atoms with E-state index in [2.05, 4.69) is 11.6 Å². The SMILES string of the molecule is CSC1CCC(NC2CCOCC2)CC1. The van der Waals surface area contributed by atoms with Gasteiger partial charge >= 0.3 is 0 Å². The van der Waals surface area contributed by atoms with Crippen LogP contribution in [0.4, 0.5) is 0 Å². The molecule has 2 rings (SSSR count). The van der Waals surface area contributed by atoms with E-state index < -0.39 is 0 Å². The van der Waals surface area contributed by atoms with Crippen molar-refractivity contribution in [3.63, 3.8) is 0 Å². The Hall–Kier alpha value is 0.270. The summed E-state index contributed by atoms with van der Waals surface area (Å²) in [5.74, 6) is 0. The van der Waals surface area contributed by atoms with Crippen molar-refractivity contribution in [3.05, 3.63) is 0 Å². The molecule has 0 unspecified atom stereocenters. The van der Waals surface area contributed by atoms with Gasteiger partial charge in [-0.3, -0.25) is 0 Å². The van der Waals surface area contributed by atoms with Gasteiger partial charge in [0.2, 0.25) is 0 Å². The summed E-state index contributed by atoms with van der Waals surface area (Å²) in [6.45, 7) is 1.91. The van der Waals surface area contributed by atoms with Gasteiger partial charge in [-0.25, -0.2) is 0 Å². The van der Waals surface area contributed by atoms with Crippen LogP contribution in [0.3, 0.4) is 0 Å². The van der Waals surface area contributed by atoms with Crippen LogP contribution in [0.5, 0.6) is 0 Å². The number of nitrogens with one attached hydrogen (secondary N) is 1. The van der Waals surface area contributed by atoms with Crippen molar-refractivity contribution < 1.29 is 4.74 Å². The summed E-state index contributed by atoms with van der Waals surface area (Å²) in [5, 5.41) is 4.74. The third-order valence-electron chi connectivity index (χ3n) is 3.70. The lowest BCUT2D eigenvalue weighted by molar-refractivity contribution is 0.0733. The zero-order chi connectivity index (χ0) is 10.5. The van der Waals surface area contributed by atoms with E-state index in [1.807, 2.05) is 11.8 Å². The van der Waals surface area contributed by atoms with Gasteiger partial charge in [0.1, 0.15) is 0 Å². The van der Waals surface area contributed by atoms with Gasteiger partial charge in [-0.05, 0) is 44.8 Å². The molecule has 1 aliphatic heterocycles. The Morgan fingerprint density at radius 2 is 1.53 bits per heavy atom. The van der Waals surface area contributed by atoms with Crippen LogP contribution >= 0.6 is 11.8 Å². The predicted octanol–water partition coefficient (Wildman–Crippen LogP) is 2.43. The molecule has 2 fully saturated rings. The van der Waals surface area contributed by atoms with Gasteiger partial charge in [0, 0.05) is 30.5 Å². The van der Waals surface area contributed by atoms with Crippen LogP contribution in [0.15, 0.2) is 0 Å². The molecule has 3 heteroatoms. The summed E-state index contributed by atoms with van der Waals surface area (Å²) >= 11 is 2.05. The fourth-order valence-corrected chi connectivity index (χ4v) is 3.41. The normalized spacial score (nSPS) is 34.2. The second-order valence-electron chi connectivity index (χ2n) is 4.76. The highest BCUT2D eigenvalue weighted by molar-refractivity contribution is 7.99. The Balaban J connectivity index is 1.67. The molecule has 0 radical (unpaired) electrons. The molecule has 1 N–H and O–H groups in total. The topological polar surface area (TPSA) is 21.3 Å².